The van der Waals surface area contributed by atoms with Crippen LogP contribution in [0.1, 0.15) is 29.3 Å². The van der Waals surface area contributed by atoms with Crippen LogP contribution in [-0.2, 0) is 9.53 Å². The van der Waals surface area contributed by atoms with Crippen molar-refractivity contribution in [3.8, 4) is 11.4 Å². The number of aromatic nitrogens is 2. The van der Waals surface area contributed by atoms with E-state index in [4.69, 9.17) is 4.74 Å². The van der Waals surface area contributed by atoms with Crippen molar-refractivity contribution >= 4 is 28.6 Å². The van der Waals surface area contributed by atoms with Crippen molar-refractivity contribution in [2.45, 2.75) is 26.4 Å². The zero-order valence-corrected chi connectivity index (χ0v) is 17.4. The second-order valence-electron chi connectivity index (χ2n) is 7.29. The van der Waals surface area contributed by atoms with Gasteiger partial charge in [0.1, 0.15) is 5.82 Å². The van der Waals surface area contributed by atoms with E-state index in [2.05, 4.69) is 15.3 Å². The lowest BCUT2D eigenvalue weighted by Crippen LogP contribution is -2.32. The lowest BCUT2D eigenvalue weighted by Gasteiger charge is -2.17. The highest BCUT2D eigenvalue weighted by Crippen LogP contribution is 2.22. The van der Waals surface area contributed by atoms with Crippen LogP contribution < -0.4 is 5.32 Å². The minimum absolute atomic E-state index is 0.348. The van der Waals surface area contributed by atoms with Gasteiger partial charge in [-0.15, -0.1) is 0 Å². The number of aryl methyl sites for hydroxylation is 1. The lowest BCUT2D eigenvalue weighted by atomic mass is 10.1. The molecule has 31 heavy (non-hydrogen) atoms. The summed E-state index contributed by atoms with van der Waals surface area (Å²) >= 11 is 0. The first-order valence-electron chi connectivity index (χ1n) is 10.2. The Bertz CT molecular complexity index is 1230. The molecule has 0 fully saturated rings. The molecule has 1 aromatic heterocycles. The van der Waals surface area contributed by atoms with E-state index in [0.29, 0.717) is 17.7 Å². The minimum Gasteiger partial charge on any atom is -0.449 e. The van der Waals surface area contributed by atoms with Crippen molar-refractivity contribution in [3.05, 3.63) is 83.9 Å². The van der Waals surface area contributed by atoms with Crippen LogP contribution in [0.3, 0.4) is 0 Å². The van der Waals surface area contributed by atoms with Gasteiger partial charge in [0.2, 0.25) is 0 Å². The van der Waals surface area contributed by atoms with Gasteiger partial charge in [0.05, 0.1) is 16.6 Å². The second kappa shape index (κ2) is 8.83. The number of anilines is 1. The summed E-state index contributed by atoms with van der Waals surface area (Å²) < 4.78 is 5.51. The van der Waals surface area contributed by atoms with E-state index in [1.165, 1.54) is 0 Å². The number of carbonyl (C=O) groups excluding carboxylic acids is 2. The molecule has 156 valence electrons. The van der Waals surface area contributed by atoms with E-state index in [9.17, 15) is 9.59 Å². The van der Waals surface area contributed by atoms with Crippen LogP contribution in [-0.4, -0.2) is 27.9 Å². The molecule has 0 saturated heterocycles. The molecule has 0 saturated carbocycles. The number of fused-ring (bicyclic) bond motifs is 1. The standard InChI is InChI=1S/C25H23N3O3/c1-3-22(24(29)28-19-12-8-7-9-16(19)2)31-25(30)18-13-14-20-21(15-18)27-23(26-20)17-10-5-4-6-11-17/h4-15,22H,3H2,1-2H3,(H,26,27)(H,28,29). The average Bonchev–Trinajstić information content (AvgIpc) is 3.23. The summed E-state index contributed by atoms with van der Waals surface area (Å²) in [5.74, 6) is -0.172. The Labute approximate surface area is 180 Å². The van der Waals surface area contributed by atoms with Gasteiger partial charge >= 0.3 is 5.97 Å². The van der Waals surface area contributed by atoms with Crippen molar-refractivity contribution in [2.24, 2.45) is 0 Å². The van der Waals surface area contributed by atoms with Crippen LogP contribution in [0.5, 0.6) is 0 Å². The van der Waals surface area contributed by atoms with Crippen LogP contribution in [0.4, 0.5) is 5.69 Å². The summed E-state index contributed by atoms with van der Waals surface area (Å²) in [7, 11) is 0. The third-order valence-electron chi connectivity index (χ3n) is 5.08. The molecule has 1 atom stereocenters. The summed E-state index contributed by atoms with van der Waals surface area (Å²) in [6.07, 6.45) is -0.516. The van der Waals surface area contributed by atoms with Gasteiger partial charge in [-0.05, 0) is 43.2 Å². The smallest absolute Gasteiger partial charge is 0.338 e. The van der Waals surface area contributed by atoms with E-state index in [1.807, 2.05) is 61.5 Å². The maximum atomic E-state index is 12.7. The molecule has 0 spiro atoms. The number of amides is 1. The monoisotopic (exact) mass is 413 g/mol. The highest BCUT2D eigenvalue weighted by molar-refractivity contribution is 5.99. The van der Waals surface area contributed by atoms with E-state index in [1.54, 1.807) is 25.1 Å². The number of hydrogen-bond acceptors (Lipinski definition) is 4. The number of hydrogen-bond donors (Lipinski definition) is 2. The fourth-order valence-corrected chi connectivity index (χ4v) is 3.32. The molecule has 1 heterocycles. The van der Waals surface area contributed by atoms with Gasteiger partial charge in [-0.3, -0.25) is 4.79 Å². The SMILES string of the molecule is CCC(OC(=O)c1ccc2nc(-c3ccccc3)[nH]c2c1)C(=O)Nc1ccccc1C. The Kier molecular flexibility index (Phi) is 5.80. The molecule has 6 nitrogen and oxygen atoms in total. The normalized spacial score (nSPS) is 11.8. The number of nitrogens with one attached hydrogen (secondary N) is 2. The zero-order valence-electron chi connectivity index (χ0n) is 17.4. The van der Waals surface area contributed by atoms with Gasteiger partial charge < -0.3 is 15.0 Å². The summed E-state index contributed by atoms with van der Waals surface area (Å²) in [6.45, 7) is 3.71. The van der Waals surface area contributed by atoms with E-state index < -0.39 is 12.1 Å². The average molecular weight is 413 g/mol. The minimum atomic E-state index is -0.885. The Balaban J connectivity index is 1.50. The first kappa shape index (κ1) is 20.3. The second-order valence-corrected chi connectivity index (χ2v) is 7.29. The molecule has 0 aliphatic rings. The van der Waals surface area contributed by atoms with Gasteiger partial charge in [-0.1, -0.05) is 55.5 Å². The number of esters is 1. The molecule has 4 aromatic rings. The third kappa shape index (κ3) is 4.48. The van der Waals surface area contributed by atoms with Crippen LogP contribution in [0.15, 0.2) is 72.8 Å². The van der Waals surface area contributed by atoms with Crippen molar-refractivity contribution in [1.82, 2.24) is 9.97 Å². The van der Waals surface area contributed by atoms with Crippen molar-refractivity contribution in [1.29, 1.82) is 0 Å². The fraction of sp³-hybridized carbons (Fsp3) is 0.160. The van der Waals surface area contributed by atoms with Gasteiger partial charge in [0.15, 0.2) is 6.10 Å². The van der Waals surface area contributed by atoms with Crippen molar-refractivity contribution < 1.29 is 14.3 Å². The highest BCUT2D eigenvalue weighted by atomic mass is 16.5. The lowest BCUT2D eigenvalue weighted by molar-refractivity contribution is -0.124. The third-order valence-corrected chi connectivity index (χ3v) is 5.08. The quantitative estimate of drug-likeness (QED) is 0.430. The highest BCUT2D eigenvalue weighted by Gasteiger charge is 2.23. The molecular formula is C25H23N3O3. The van der Waals surface area contributed by atoms with E-state index in [0.717, 1.165) is 28.0 Å². The molecule has 3 aromatic carbocycles. The molecular weight excluding hydrogens is 390 g/mol. The first-order chi connectivity index (χ1) is 15.0. The van der Waals surface area contributed by atoms with Crippen LogP contribution in [0, 0.1) is 6.92 Å². The van der Waals surface area contributed by atoms with Gasteiger partial charge in [-0.25, -0.2) is 9.78 Å². The predicted molar refractivity (Wildman–Crippen MR) is 121 cm³/mol. The Morgan fingerprint density at radius 1 is 1.03 bits per heavy atom. The molecule has 0 aliphatic heterocycles. The summed E-state index contributed by atoms with van der Waals surface area (Å²) in [5.41, 5.74) is 4.44. The van der Waals surface area contributed by atoms with E-state index >= 15 is 0 Å². The summed E-state index contributed by atoms with van der Waals surface area (Å²) in [4.78, 5) is 33.2. The Hall–Kier alpha value is -3.93. The molecule has 6 heteroatoms. The molecule has 0 bridgehead atoms. The van der Waals surface area contributed by atoms with Gasteiger partial charge in [0, 0.05) is 11.3 Å². The fourth-order valence-electron chi connectivity index (χ4n) is 3.32. The van der Waals surface area contributed by atoms with Gasteiger partial charge in [0.25, 0.3) is 5.91 Å². The van der Waals surface area contributed by atoms with Crippen molar-refractivity contribution in [3.63, 3.8) is 0 Å². The number of aromatic amines is 1. The summed E-state index contributed by atoms with van der Waals surface area (Å²) in [6, 6.07) is 22.4. The molecule has 1 unspecified atom stereocenters. The molecule has 0 aliphatic carbocycles. The molecule has 1 amide bonds. The van der Waals surface area contributed by atoms with Crippen LogP contribution in [0.2, 0.25) is 0 Å². The number of ether oxygens (including phenoxy) is 1. The Morgan fingerprint density at radius 2 is 1.77 bits per heavy atom. The number of para-hydroxylation sites is 1. The number of H-pyrrole nitrogens is 1. The first-order valence-corrected chi connectivity index (χ1v) is 10.2. The van der Waals surface area contributed by atoms with Crippen molar-refractivity contribution in [2.75, 3.05) is 5.32 Å². The number of rotatable bonds is 6. The van der Waals surface area contributed by atoms with Gasteiger partial charge in [-0.2, -0.15) is 0 Å². The molecule has 4 rings (SSSR count). The van der Waals surface area contributed by atoms with Crippen LogP contribution >= 0.6 is 0 Å². The summed E-state index contributed by atoms with van der Waals surface area (Å²) in [5, 5.41) is 2.84. The number of nitrogens with zero attached hydrogens (tertiary/aromatic N) is 1. The number of imidazole rings is 1. The predicted octanol–water partition coefficient (Wildman–Crippen LogP) is 5.11. The largest absolute Gasteiger partial charge is 0.449 e. The molecule has 2 N–H and O–H groups in total. The van der Waals surface area contributed by atoms with Crippen LogP contribution in [0.25, 0.3) is 22.4 Å². The Morgan fingerprint density at radius 3 is 2.52 bits per heavy atom. The van der Waals surface area contributed by atoms with E-state index in [-0.39, 0.29) is 5.91 Å². The number of benzene rings is 3. The maximum absolute atomic E-state index is 12.7. The maximum Gasteiger partial charge on any atom is 0.338 e. The zero-order chi connectivity index (χ0) is 21.8. The molecule has 0 radical (unpaired) electrons. The number of carbonyl (C=O) groups is 2. The topological polar surface area (TPSA) is 84.1 Å².